The van der Waals surface area contributed by atoms with E-state index in [1.165, 1.54) is 63.6 Å². The number of aromatic nitrogens is 2. The highest BCUT2D eigenvalue weighted by Gasteiger charge is 2.28. The molecule has 2 aromatic carbocycles. The molecule has 0 atom stereocenters. The minimum Gasteiger partial charge on any atom is -0.465 e. The second-order valence-electron chi connectivity index (χ2n) is 12.7. The van der Waals surface area contributed by atoms with Crippen LogP contribution in [0.4, 0.5) is 8.78 Å². The molecule has 4 rings (SSSR count). The zero-order valence-electron chi connectivity index (χ0n) is 31.3. The summed E-state index contributed by atoms with van der Waals surface area (Å²) in [7, 11) is 14.1. The molecule has 0 aliphatic rings. The molecule has 12 nitrogen and oxygen atoms in total. The smallest absolute Gasteiger partial charge is 0.344 e. The summed E-state index contributed by atoms with van der Waals surface area (Å²) in [4.78, 5) is 29.5. The number of benzene rings is 2. The first kappa shape index (κ1) is 46.7. The predicted octanol–water partition coefficient (Wildman–Crippen LogP) is 8.53. The van der Waals surface area contributed by atoms with Crippen LogP contribution >= 0.6 is 23.2 Å². The molecule has 0 fully saturated rings. The number of hydrogen-bond donors (Lipinski definition) is 0. The number of aryl methyl sites for hydroxylation is 1. The van der Waals surface area contributed by atoms with Crippen LogP contribution in [0.25, 0.3) is 28.6 Å². The zero-order valence-corrected chi connectivity index (χ0v) is 32.8. The molecule has 2 heterocycles. The lowest BCUT2D eigenvalue weighted by atomic mass is 10.1. The Balaban J connectivity index is 0.000000412. The molecule has 0 radical (unpaired) electrons. The monoisotopic (exact) mass is 783 g/mol. The third-order valence-corrected chi connectivity index (χ3v) is 7.26. The van der Waals surface area contributed by atoms with Crippen molar-refractivity contribution in [2.75, 3.05) is 56.5 Å². The quantitative estimate of drug-likeness (QED) is 0.119. The fourth-order valence-corrected chi connectivity index (χ4v) is 4.93. The maximum Gasteiger partial charge on any atom is 0.344 e. The molecule has 0 aliphatic heterocycles. The Morgan fingerprint density at radius 2 is 1.23 bits per heavy atom. The van der Waals surface area contributed by atoms with Gasteiger partial charge in [-0.05, 0) is 80.2 Å². The van der Waals surface area contributed by atoms with Crippen molar-refractivity contribution in [3.05, 3.63) is 86.9 Å². The van der Waals surface area contributed by atoms with E-state index in [1.54, 1.807) is 25.2 Å². The van der Waals surface area contributed by atoms with Crippen molar-refractivity contribution in [1.29, 1.82) is 0 Å². The topological polar surface area (TPSA) is 124 Å². The van der Waals surface area contributed by atoms with Gasteiger partial charge in [-0.1, -0.05) is 53.1 Å². The van der Waals surface area contributed by atoms with Gasteiger partial charge in [0.1, 0.15) is 39.9 Å². The number of carbonyl (C=O) groups excluding carboxylic acids is 2. The molecule has 0 saturated heterocycles. The molecular formula is C37H49Cl2F2N5O7. The number of methoxy groups -OCH3 is 2. The minimum absolute atomic E-state index is 0. The van der Waals surface area contributed by atoms with Gasteiger partial charge < -0.3 is 28.2 Å². The normalized spacial score (nSPS) is 11.2. The number of rotatable bonds is 9. The fraction of sp³-hybridized carbons (Fsp3) is 0.405. The van der Waals surface area contributed by atoms with Crippen molar-refractivity contribution in [1.82, 2.24) is 25.0 Å². The van der Waals surface area contributed by atoms with E-state index in [4.69, 9.17) is 41.7 Å². The van der Waals surface area contributed by atoms with Gasteiger partial charge in [-0.25, -0.2) is 18.4 Å². The Labute approximate surface area is 320 Å². The Morgan fingerprint density at radius 3 is 1.60 bits per heavy atom. The lowest BCUT2D eigenvalue weighted by Gasteiger charge is -2.35. The molecule has 0 spiro atoms. The van der Waals surface area contributed by atoms with E-state index in [0.717, 1.165) is 0 Å². The van der Waals surface area contributed by atoms with Crippen LogP contribution in [0.3, 0.4) is 0 Å². The molecule has 0 unspecified atom stereocenters. The van der Waals surface area contributed by atoms with Gasteiger partial charge in [0, 0.05) is 26.4 Å². The third kappa shape index (κ3) is 12.9. The van der Waals surface area contributed by atoms with Gasteiger partial charge in [0.25, 0.3) is 0 Å². The highest BCUT2D eigenvalue weighted by molar-refractivity contribution is 6.34. The van der Waals surface area contributed by atoms with E-state index >= 15 is 0 Å². The van der Waals surface area contributed by atoms with Gasteiger partial charge in [0.2, 0.25) is 0 Å². The van der Waals surface area contributed by atoms with Gasteiger partial charge >= 0.3 is 11.9 Å². The molecule has 2 aromatic heterocycles. The molecule has 53 heavy (non-hydrogen) atoms. The lowest BCUT2D eigenvalue weighted by Crippen LogP contribution is -2.46. The van der Waals surface area contributed by atoms with Crippen molar-refractivity contribution in [3.63, 3.8) is 0 Å². The van der Waals surface area contributed by atoms with Crippen LogP contribution in [0.1, 0.15) is 60.4 Å². The maximum absolute atomic E-state index is 14.1. The average Bonchev–Trinajstić information content (AvgIpc) is 3.65. The molecule has 0 N–H and O–H groups in total. The van der Waals surface area contributed by atoms with Crippen LogP contribution in [0.15, 0.2) is 51.6 Å². The van der Waals surface area contributed by atoms with Gasteiger partial charge in [-0.3, -0.25) is 9.80 Å². The summed E-state index contributed by atoms with van der Waals surface area (Å²) in [5.74, 6) is -2.11. The summed E-state index contributed by atoms with van der Waals surface area (Å²) in [5.41, 5.74) is 0.0706. The Kier molecular flexibility index (Phi) is 18.3. The molecule has 0 aliphatic carbocycles. The average molecular weight is 785 g/mol. The number of nitrogens with zero attached hydrogens (tertiary/aromatic N) is 5. The van der Waals surface area contributed by atoms with Crippen LogP contribution in [-0.4, -0.2) is 105 Å². The second kappa shape index (κ2) is 20.8. The fourth-order valence-electron chi connectivity index (χ4n) is 4.43. The van der Waals surface area contributed by atoms with Crippen molar-refractivity contribution in [3.8, 4) is 22.5 Å². The Morgan fingerprint density at radius 1 is 0.792 bits per heavy atom. The van der Waals surface area contributed by atoms with E-state index < -0.39 is 23.6 Å². The van der Waals surface area contributed by atoms with Gasteiger partial charge in [-0.15, -0.1) is 0 Å². The Hall–Kier alpha value is -4.34. The molecule has 0 amide bonds. The maximum atomic E-state index is 14.1. The molecule has 292 valence electrons. The first-order valence-electron chi connectivity index (χ1n) is 15.6. The SMILES string of the molecule is C.CN(C)C(OC(C)(C)C)N(C)C.COC(=O)c1c(-c2c(F)cccc2Cl)noc1/C=C/N(C)C.COC(=O)c1c(-c2c(F)cccc2Cl)noc1C. The van der Waals surface area contributed by atoms with Crippen molar-refractivity contribution >= 4 is 41.2 Å². The zero-order chi connectivity index (χ0) is 39.5. The van der Waals surface area contributed by atoms with Gasteiger partial charge in [-0.2, -0.15) is 0 Å². The second-order valence-corrected chi connectivity index (χ2v) is 13.5. The van der Waals surface area contributed by atoms with E-state index in [1.807, 2.05) is 38.0 Å². The lowest BCUT2D eigenvalue weighted by molar-refractivity contribution is -0.178. The van der Waals surface area contributed by atoms with Crippen LogP contribution in [0.2, 0.25) is 10.0 Å². The van der Waals surface area contributed by atoms with Gasteiger partial charge in [0.05, 0.1) is 41.0 Å². The van der Waals surface area contributed by atoms with Gasteiger partial charge in [0.15, 0.2) is 12.1 Å². The molecule has 16 heteroatoms. The number of carbonyl (C=O) groups is 2. The summed E-state index contributed by atoms with van der Waals surface area (Å²) in [5, 5.41) is 7.73. The van der Waals surface area contributed by atoms with E-state index in [2.05, 4.69) is 35.8 Å². The third-order valence-electron chi connectivity index (χ3n) is 6.63. The van der Waals surface area contributed by atoms with Crippen LogP contribution in [0.5, 0.6) is 0 Å². The summed E-state index contributed by atoms with van der Waals surface area (Å²) < 4.78 is 53.0. The van der Waals surface area contributed by atoms with E-state index in [-0.39, 0.29) is 74.6 Å². The van der Waals surface area contributed by atoms with Crippen molar-refractivity contribution in [2.24, 2.45) is 0 Å². The summed E-state index contributed by atoms with van der Waals surface area (Å²) >= 11 is 11.9. The van der Waals surface area contributed by atoms with Crippen LogP contribution < -0.4 is 0 Å². The van der Waals surface area contributed by atoms with Crippen LogP contribution in [0, 0.1) is 18.6 Å². The van der Waals surface area contributed by atoms with E-state index in [0.29, 0.717) is 0 Å². The summed E-state index contributed by atoms with van der Waals surface area (Å²) in [6.07, 6.45) is 3.25. The van der Waals surface area contributed by atoms with Crippen molar-refractivity contribution < 1.29 is 41.6 Å². The first-order chi connectivity index (χ1) is 24.2. The van der Waals surface area contributed by atoms with Crippen molar-refractivity contribution in [2.45, 2.75) is 47.1 Å². The predicted molar refractivity (Wildman–Crippen MR) is 203 cm³/mol. The largest absolute Gasteiger partial charge is 0.465 e. The minimum atomic E-state index is -0.686. The van der Waals surface area contributed by atoms with E-state index in [9.17, 15) is 18.4 Å². The molecule has 0 bridgehead atoms. The molecular weight excluding hydrogens is 735 g/mol. The molecule has 0 saturated carbocycles. The summed E-state index contributed by atoms with van der Waals surface area (Å²) in [6.45, 7) is 7.73. The first-order valence-corrected chi connectivity index (χ1v) is 16.4. The highest BCUT2D eigenvalue weighted by Crippen LogP contribution is 2.35. The molecule has 4 aromatic rings. The standard InChI is InChI=1S/C15H14ClFN2O3.C12H9ClFNO3.C9H22N2O.CH4/c1-19(2)8-7-11-13(15(20)21-3)14(18-22-11)12-9(16)5-4-6-10(12)17;1-6-9(12(16)17-2)11(15-18-6)10-7(13)4-3-5-8(10)14;1-9(2,3)12-8(10(4)5)11(6)7;/h4-8H,1-3H3;3-5H,1-2H3;8H,1-7H3;1H4/b8-7+;;;. The number of esters is 2. The Bertz CT molecular complexity index is 1790. The van der Waals surface area contributed by atoms with Crippen LogP contribution in [-0.2, 0) is 14.2 Å². The number of hydrogen-bond acceptors (Lipinski definition) is 12. The highest BCUT2D eigenvalue weighted by atomic mass is 35.5. The number of ether oxygens (including phenoxy) is 3. The number of halogens is 4. The summed E-state index contributed by atoms with van der Waals surface area (Å²) in [6, 6.07) is 8.40.